The molecule has 2 fully saturated rings. The van der Waals surface area contributed by atoms with Crippen molar-refractivity contribution in [3.05, 3.63) is 18.2 Å². The Labute approximate surface area is 137 Å². The van der Waals surface area contributed by atoms with Gasteiger partial charge in [-0.05, 0) is 19.3 Å². The molecule has 1 amide bonds. The predicted octanol–water partition coefficient (Wildman–Crippen LogP) is 1.27. The molecule has 0 saturated carbocycles. The van der Waals surface area contributed by atoms with E-state index in [-0.39, 0.29) is 30.5 Å². The third-order valence-corrected chi connectivity index (χ3v) is 4.42. The van der Waals surface area contributed by atoms with Crippen molar-refractivity contribution < 1.29 is 9.53 Å². The second-order valence-electron chi connectivity index (χ2n) is 5.88. The van der Waals surface area contributed by atoms with Crippen LogP contribution in [0.3, 0.4) is 0 Å². The number of ether oxygens (including phenoxy) is 1. The number of piperazine rings is 1. The van der Waals surface area contributed by atoms with Crippen LogP contribution >= 0.6 is 12.4 Å². The van der Waals surface area contributed by atoms with Crippen molar-refractivity contribution >= 4 is 18.3 Å². The number of carbonyl (C=O) groups is 1. The summed E-state index contributed by atoms with van der Waals surface area (Å²) in [6.45, 7) is 3.23. The van der Waals surface area contributed by atoms with Gasteiger partial charge in [0.2, 0.25) is 5.91 Å². The summed E-state index contributed by atoms with van der Waals surface area (Å²) in [4.78, 5) is 19.0. The summed E-state index contributed by atoms with van der Waals surface area (Å²) in [7, 11) is 1.98. The van der Waals surface area contributed by atoms with Crippen LogP contribution in [0.15, 0.2) is 12.4 Å². The first kappa shape index (κ1) is 17.2. The average Bonchev–Trinajstić information content (AvgIpc) is 3.16. The van der Waals surface area contributed by atoms with E-state index in [1.165, 1.54) is 0 Å². The molecule has 0 spiro atoms. The van der Waals surface area contributed by atoms with Crippen LogP contribution in [0.4, 0.5) is 0 Å². The fourth-order valence-electron chi connectivity index (χ4n) is 3.23. The zero-order chi connectivity index (χ0) is 14.7. The van der Waals surface area contributed by atoms with Crippen molar-refractivity contribution in [1.82, 2.24) is 19.8 Å². The first-order chi connectivity index (χ1) is 10.3. The standard InChI is InChI=1S/C15H24N4O2.ClH/c1-18-8-7-17-15(18)13-11-16-6-9-19(13)14(20)5-4-12-3-2-10-21-12;/h7-8,12-13,16H,2-6,9-11H2,1H3;1H. The first-order valence-electron chi connectivity index (χ1n) is 7.84. The molecule has 22 heavy (non-hydrogen) atoms. The summed E-state index contributed by atoms with van der Waals surface area (Å²) in [5.74, 6) is 1.17. The Morgan fingerprint density at radius 2 is 2.41 bits per heavy atom. The van der Waals surface area contributed by atoms with Crippen molar-refractivity contribution in [2.45, 2.75) is 37.8 Å². The summed E-state index contributed by atoms with van der Waals surface area (Å²) in [6, 6.07) is 0.0377. The SMILES string of the molecule is Cl.Cn1ccnc1C1CNCCN1C(=O)CCC1CCCO1. The zero-order valence-electron chi connectivity index (χ0n) is 13.0. The fourth-order valence-corrected chi connectivity index (χ4v) is 3.23. The van der Waals surface area contributed by atoms with E-state index in [1.54, 1.807) is 6.20 Å². The highest BCUT2D eigenvalue weighted by Gasteiger charge is 2.30. The van der Waals surface area contributed by atoms with Crippen molar-refractivity contribution in [3.8, 4) is 0 Å². The quantitative estimate of drug-likeness (QED) is 0.904. The number of halogens is 1. The molecule has 2 aliphatic heterocycles. The lowest BCUT2D eigenvalue weighted by atomic mass is 10.1. The maximum Gasteiger partial charge on any atom is 0.223 e. The van der Waals surface area contributed by atoms with E-state index in [9.17, 15) is 4.79 Å². The summed E-state index contributed by atoms with van der Waals surface area (Å²) in [6.07, 6.45) is 7.64. The van der Waals surface area contributed by atoms with E-state index in [1.807, 2.05) is 22.7 Å². The number of nitrogens with zero attached hydrogens (tertiary/aromatic N) is 3. The highest BCUT2D eigenvalue weighted by molar-refractivity contribution is 5.85. The Kier molecular flexibility index (Phi) is 6.23. The van der Waals surface area contributed by atoms with Crippen molar-refractivity contribution in [2.75, 3.05) is 26.2 Å². The highest BCUT2D eigenvalue weighted by atomic mass is 35.5. The average molecular weight is 329 g/mol. The summed E-state index contributed by atoms with van der Waals surface area (Å²) >= 11 is 0. The minimum absolute atomic E-state index is 0. The third-order valence-electron chi connectivity index (χ3n) is 4.42. The van der Waals surface area contributed by atoms with Gasteiger partial charge in [-0.3, -0.25) is 4.79 Å². The molecule has 2 atom stereocenters. The number of aryl methyl sites for hydroxylation is 1. The molecule has 6 nitrogen and oxygen atoms in total. The molecule has 2 unspecified atom stereocenters. The Bertz CT molecular complexity index is 488. The Balaban J connectivity index is 0.00000176. The van der Waals surface area contributed by atoms with Crippen molar-refractivity contribution in [2.24, 2.45) is 7.05 Å². The number of nitrogens with one attached hydrogen (secondary N) is 1. The van der Waals surface area contributed by atoms with Crippen LogP contribution in [0, 0.1) is 0 Å². The minimum atomic E-state index is 0. The number of aromatic nitrogens is 2. The van der Waals surface area contributed by atoms with Gasteiger partial charge >= 0.3 is 0 Å². The number of amides is 1. The van der Waals surface area contributed by atoms with Gasteiger partial charge < -0.3 is 19.5 Å². The molecular formula is C15H25ClN4O2. The lowest BCUT2D eigenvalue weighted by Crippen LogP contribution is -2.49. The molecule has 2 aliphatic rings. The molecule has 0 aliphatic carbocycles. The van der Waals surface area contributed by atoms with Gasteiger partial charge in [0.25, 0.3) is 0 Å². The number of imidazole rings is 1. The number of hydrogen-bond donors (Lipinski definition) is 1. The molecule has 124 valence electrons. The summed E-state index contributed by atoms with van der Waals surface area (Å²) in [5, 5.41) is 3.36. The van der Waals surface area contributed by atoms with Crippen molar-refractivity contribution in [1.29, 1.82) is 0 Å². The van der Waals surface area contributed by atoms with E-state index in [2.05, 4.69) is 10.3 Å². The van der Waals surface area contributed by atoms with Crippen LogP contribution in [0.1, 0.15) is 37.5 Å². The highest BCUT2D eigenvalue weighted by Crippen LogP contribution is 2.23. The van der Waals surface area contributed by atoms with Crippen LogP contribution in [0.25, 0.3) is 0 Å². The van der Waals surface area contributed by atoms with Crippen LogP contribution in [-0.2, 0) is 16.6 Å². The molecule has 1 aromatic rings. The van der Waals surface area contributed by atoms with Crippen LogP contribution in [0.5, 0.6) is 0 Å². The molecule has 3 heterocycles. The number of hydrogen-bond acceptors (Lipinski definition) is 4. The molecular weight excluding hydrogens is 304 g/mol. The zero-order valence-corrected chi connectivity index (χ0v) is 13.8. The van der Waals surface area contributed by atoms with Gasteiger partial charge in [0, 0.05) is 52.1 Å². The maximum absolute atomic E-state index is 12.6. The molecule has 3 rings (SSSR count). The van der Waals surface area contributed by atoms with Gasteiger partial charge in [0.15, 0.2) is 0 Å². The minimum Gasteiger partial charge on any atom is -0.378 e. The predicted molar refractivity (Wildman–Crippen MR) is 86.0 cm³/mol. The van der Waals surface area contributed by atoms with E-state index in [0.29, 0.717) is 6.42 Å². The molecule has 0 radical (unpaired) electrons. The molecule has 2 saturated heterocycles. The van der Waals surface area contributed by atoms with Gasteiger partial charge in [-0.1, -0.05) is 0 Å². The fraction of sp³-hybridized carbons (Fsp3) is 0.733. The number of carbonyl (C=O) groups excluding carboxylic acids is 1. The molecule has 1 aromatic heterocycles. The summed E-state index contributed by atoms with van der Waals surface area (Å²) in [5.41, 5.74) is 0. The molecule has 7 heteroatoms. The Hall–Kier alpha value is -1.11. The molecule has 1 N–H and O–H groups in total. The van der Waals surface area contributed by atoms with Crippen LogP contribution in [-0.4, -0.2) is 52.7 Å². The second kappa shape index (κ2) is 7.94. The van der Waals surface area contributed by atoms with E-state index < -0.39 is 0 Å². The van der Waals surface area contributed by atoms with E-state index in [4.69, 9.17) is 4.74 Å². The van der Waals surface area contributed by atoms with E-state index >= 15 is 0 Å². The largest absolute Gasteiger partial charge is 0.378 e. The normalized spacial score (nSPS) is 25.0. The molecule has 0 bridgehead atoms. The van der Waals surface area contributed by atoms with Gasteiger partial charge in [0.1, 0.15) is 11.9 Å². The smallest absolute Gasteiger partial charge is 0.223 e. The summed E-state index contributed by atoms with van der Waals surface area (Å²) < 4.78 is 7.61. The maximum atomic E-state index is 12.6. The van der Waals surface area contributed by atoms with Gasteiger partial charge in [0.05, 0.1) is 6.10 Å². The molecule has 0 aromatic carbocycles. The number of rotatable bonds is 4. The Morgan fingerprint density at radius 3 is 3.09 bits per heavy atom. The third kappa shape index (κ3) is 3.80. The lowest BCUT2D eigenvalue weighted by molar-refractivity contribution is -0.135. The van der Waals surface area contributed by atoms with E-state index in [0.717, 1.165) is 51.3 Å². The Morgan fingerprint density at radius 1 is 1.55 bits per heavy atom. The van der Waals surface area contributed by atoms with Crippen LogP contribution < -0.4 is 5.32 Å². The van der Waals surface area contributed by atoms with Crippen molar-refractivity contribution in [3.63, 3.8) is 0 Å². The van der Waals surface area contributed by atoms with Gasteiger partial charge in [-0.2, -0.15) is 0 Å². The van der Waals surface area contributed by atoms with Crippen LogP contribution in [0.2, 0.25) is 0 Å². The monoisotopic (exact) mass is 328 g/mol. The van der Waals surface area contributed by atoms with Gasteiger partial charge in [-0.25, -0.2) is 4.98 Å². The van der Waals surface area contributed by atoms with Gasteiger partial charge in [-0.15, -0.1) is 12.4 Å². The topological polar surface area (TPSA) is 59.4 Å². The first-order valence-corrected chi connectivity index (χ1v) is 7.84. The second-order valence-corrected chi connectivity index (χ2v) is 5.88. The lowest BCUT2D eigenvalue weighted by Gasteiger charge is -2.36.